The molecule has 1 N–H and O–H groups in total. The van der Waals surface area contributed by atoms with Gasteiger partial charge in [0.1, 0.15) is 18.0 Å². The Morgan fingerprint density at radius 3 is 2.29 bits per heavy atom. The normalized spacial score (nSPS) is 11.1. The second-order valence-corrected chi connectivity index (χ2v) is 4.60. The Balaban J connectivity index is 2.64. The lowest BCUT2D eigenvalue weighted by molar-refractivity contribution is 0.00695. The second-order valence-electron chi connectivity index (χ2n) is 4.60. The lowest BCUT2D eigenvalue weighted by Crippen LogP contribution is -2.23. The third-order valence-electron chi connectivity index (χ3n) is 1.85. The fourth-order valence-electron chi connectivity index (χ4n) is 1.19. The van der Waals surface area contributed by atoms with Crippen molar-refractivity contribution in [2.75, 3.05) is 13.2 Å². The second kappa shape index (κ2) is 5.68. The molecule has 0 saturated carbocycles. The van der Waals surface area contributed by atoms with Gasteiger partial charge in [0.15, 0.2) is 0 Å². The maximum atomic E-state index is 11.7. The molecule has 0 aliphatic heterocycles. The molecule has 17 heavy (non-hydrogen) atoms. The summed E-state index contributed by atoms with van der Waals surface area (Å²) < 4.78 is 10.4. The Morgan fingerprint density at radius 1 is 1.24 bits per heavy atom. The zero-order chi connectivity index (χ0) is 12.9. The molecule has 0 aromatic heterocycles. The van der Waals surface area contributed by atoms with Crippen LogP contribution >= 0.6 is 0 Å². The van der Waals surface area contributed by atoms with Crippen LogP contribution < -0.4 is 4.74 Å². The maximum Gasteiger partial charge on any atom is 0.338 e. The highest BCUT2D eigenvalue weighted by atomic mass is 16.6. The Labute approximate surface area is 101 Å². The molecule has 0 saturated heterocycles. The van der Waals surface area contributed by atoms with Gasteiger partial charge in [0, 0.05) is 0 Å². The first kappa shape index (κ1) is 13.5. The number of benzene rings is 1. The number of hydrogen-bond donors (Lipinski definition) is 1. The molecule has 1 rings (SSSR count). The Hall–Kier alpha value is -1.55. The third-order valence-corrected chi connectivity index (χ3v) is 1.85. The predicted molar refractivity (Wildman–Crippen MR) is 64.2 cm³/mol. The van der Waals surface area contributed by atoms with Crippen molar-refractivity contribution in [3.63, 3.8) is 0 Å². The van der Waals surface area contributed by atoms with Crippen molar-refractivity contribution in [3.05, 3.63) is 29.8 Å². The van der Waals surface area contributed by atoms with Crippen LogP contribution in [0.4, 0.5) is 0 Å². The van der Waals surface area contributed by atoms with Crippen LogP contribution in [-0.4, -0.2) is 29.9 Å². The number of ether oxygens (including phenoxy) is 2. The van der Waals surface area contributed by atoms with Gasteiger partial charge in [-0.15, -0.1) is 0 Å². The average Bonchev–Trinajstić information content (AvgIpc) is 2.24. The zero-order valence-electron chi connectivity index (χ0n) is 10.4. The molecule has 0 radical (unpaired) electrons. The lowest BCUT2D eigenvalue weighted by Gasteiger charge is -2.19. The minimum atomic E-state index is -0.497. The smallest absolute Gasteiger partial charge is 0.338 e. The summed E-state index contributed by atoms with van der Waals surface area (Å²) >= 11 is 0. The van der Waals surface area contributed by atoms with Gasteiger partial charge in [-0.25, -0.2) is 4.79 Å². The third kappa shape index (κ3) is 4.87. The highest BCUT2D eigenvalue weighted by Crippen LogP contribution is 2.15. The number of rotatable bonds is 4. The zero-order valence-corrected chi connectivity index (χ0v) is 10.4. The molecule has 0 atom stereocenters. The molecule has 4 nitrogen and oxygen atoms in total. The van der Waals surface area contributed by atoms with E-state index in [2.05, 4.69) is 0 Å². The van der Waals surface area contributed by atoms with Crippen molar-refractivity contribution in [1.29, 1.82) is 0 Å². The SMILES string of the molecule is CC(C)(C)OC(=O)c1ccc(OCCO)cc1. The number of aliphatic hydroxyl groups is 1. The van der Waals surface area contributed by atoms with Crippen LogP contribution in [0.3, 0.4) is 0 Å². The van der Waals surface area contributed by atoms with E-state index in [-0.39, 0.29) is 19.2 Å². The molecule has 1 aromatic rings. The summed E-state index contributed by atoms with van der Waals surface area (Å²) in [4.78, 5) is 11.7. The van der Waals surface area contributed by atoms with Gasteiger partial charge < -0.3 is 14.6 Å². The minimum Gasteiger partial charge on any atom is -0.491 e. The van der Waals surface area contributed by atoms with E-state index in [1.54, 1.807) is 24.3 Å². The Bertz CT molecular complexity index is 362. The van der Waals surface area contributed by atoms with Crippen LogP contribution in [0.2, 0.25) is 0 Å². The molecular weight excluding hydrogens is 220 g/mol. The summed E-state index contributed by atoms with van der Waals surface area (Å²) in [5, 5.41) is 8.60. The Kier molecular flexibility index (Phi) is 4.52. The van der Waals surface area contributed by atoms with Crippen molar-refractivity contribution in [3.8, 4) is 5.75 Å². The largest absolute Gasteiger partial charge is 0.491 e. The van der Waals surface area contributed by atoms with Gasteiger partial charge >= 0.3 is 5.97 Å². The van der Waals surface area contributed by atoms with Crippen LogP contribution in [0.15, 0.2) is 24.3 Å². The molecule has 0 unspecified atom stereocenters. The first-order valence-electron chi connectivity index (χ1n) is 5.49. The highest BCUT2D eigenvalue weighted by molar-refractivity contribution is 5.89. The number of esters is 1. The monoisotopic (exact) mass is 238 g/mol. The van der Waals surface area contributed by atoms with Gasteiger partial charge in [-0.1, -0.05) is 0 Å². The summed E-state index contributed by atoms with van der Waals surface area (Å²) in [7, 11) is 0. The lowest BCUT2D eigenvalue weighted by atomic mass is 10.1. The fraction of sp³-hybridized carbons (Fsp3) is 0.462. The first-order chi connectivity index (χ1) is 7.92. The standard InChI is InChI=1S/C13H18O4/c1-13(2,3)17-12(15)10-4-6-11(7-5-10)16-9-8-14/h4-7,14H,8-9H2,1-3H3. The molecular formula is C13H18O4. The van der Waals surface area contributed by atoms with Crippen molar-refractivity contribution in [1.82, 2.24) is 0 Å². The first-order valence-corrected chi connectivity index (χ1v) is 5.49. The number of carbonyl (C=O) groups is 1. The molecule has 4 heteroatoms. The predicted octanol–water partition coefficient (Wildman–Crippen LogP) is 2.01. The topological polar surface area (TPSA) is 55.8 Å². The van der Waals surface area contributed by atoms with E-state index in [1.165, 1.54) is 0 Å². The van der Waals surface area contributed by atoms with E-state index >= 15 is 0 Å². The Morgan fingerprint density at radius 2 is 1.82 bits per heavy atom. The summed E-state index contributed by atoms with van der Waals surface area (Å²) in [5.41, 5.74) is -0.0142. The van der Waals surface area contributed by atoms with Crippen molar-refractivity contribution >= 4 is 5.97 Å². The molecule has 0 fully saturated rings. The number of aliphatic hydroxyl groups excluding tert-OH is 1. The summed E-state index contributed by atoms with van der Waals surface area (Å²) in [5.74, 6) is 0.262. The summed E-state index contributed by atoms with van der Waals surface area (Å²) in [6.45, 7) is 5.68. The van der Waals surface area contributed by atoms with Crippen molar-refractivity contribution in [2.24, 2.45) is 0 Å². The minimum absolute atomic E-state index is 0.0339. The van der Waals surface area contributed by atoms with Crippen LogP contribution in [-0.2, 0) is 4.74 Å². The quantitative estimate of drug-likeness (QED) is 0.815. The molecule has 0 spiro atoms. The molecule has 0 heterocycles. The molecule has 0 amide bonds. The fourth-order valence-corrected chi connectivity index (χ4v) is 1.19. The summed E-state index contributed by atoms with van der Waals surface area (Å²) in [6.07, 6.45) is 0. The van der Waals surface area contributed by atoms with Crippen LogP contribution in [0.25, 0.3) is 0 Å². The molecule has 94 valence electrons. The van der Waals surface area contributed by atoms with E-state index in [1.807, 2.05) is 20.8 Å². The molecule has 0 bridgehead atoms. The number of carbonyl (C=O) groups excluding carboxylic acids is 1. The maximum absolute atomic E-state index is 11.7. The molecule has 0 aliphatic carbocycles. The number of hydrogen-bond acceptors (Lipinski definition) is 4. The molecule has 1 aromatic carbocycles. The van der Waals surface area contributed by atoms with Crippen molar-refractivity contribution < 1.29 is 19.4 Å². The van der Waals surface area contributed by atoms with Crippen LogP contribution in [0.1, 0.15) is 31.1 Å². The van der Waals surface area contributed by atoms with E-state index < -0.39 is 5.60 Å². The van der Waals surface area contributed by atoms with Gasteiger partial charge in [-0.3, -0.25) is 0 Å². The average molecular weight is 238 g/mol. The van der Waals surface area contributed by atoms with Gasteiger partial charge in [-0.05, 0) is 45.0 Å². The van der Waals surface area contributed by atoms with Gasteiger partial charge in [0.05, 0.1) is 12.2 Å². The summed E-state index contributed by atoms with van der Waals surface area (Å²) in [6, 6.07) is 6.63. The highest BCUT2D eigenvalue weighted by Gasteiger charge is 2.17. The van der Waals surface area contributed by atoms with Crippen LogP contribution in [0, 0.1) is 0 Å². The van der Waals surface area contributed by atoms with Gasteiger partial charge in [-0.2, -0.15) is 0 Å². The van der Waals surface area contributed by atoms with Crippen LogP contribution in [0.5, 0.6) is 5.75 Å². The van der Waals surface area contributed by atoms with E-state index in [0.717, 1.165) is 0 Å². The van der Waals surface area contributed by atoms with Crippen molar-refractivity contribution in [2.45, 2.75) is 26.4 Å². The van der Waals surface area contributed by atoms with Gasteiger partial charge in [0.25, 0.3) is 0 Å². The van der Waals surface area contributed by atoms with Gasteiger partial charge in [0.2, 0.25) is 0 Å². The molecule has 0 aliphatic rings. The van der Waals surface area contributed by atoms with E-state index in [0.29, 0.717) is 11.3 Å². The van der Waals surface area contributed by atoms with E-state index in [4.69, 9.17) is 14.6 Å². The van der Waals surface area contributed by atoms with E-state index in [9.17, 15) is 4.79 Å².